The number of nitrogens with one attached hydrogen (secondary N) is 1. The molecule has 1 aromatic heterocycles. The molecular weight excluding hydrogens is 370 g/mol. The van der Waals surface area contributed by atoms with Gasteiger partial charge in [-0.05, 0) is 53.4 Å². The molecule has 6 heteroatoms. The molecule has 1 saturated carbocycles. The Morgan fingerprint density at radius 2 is 2.04 bits per heavy atom. The topological polar surface area (TPSA) is 67.2 Å². The summed E-state index contributed by atoms with van der Waals surface area (Å²) < 4.78 is 2.27. The Hall–Kier alpha value is -1.82. The van der Waals surface area contributed by atoms with Crippen LogP contribution in [-0.2, 0) is 7.05 Å². The van der Waals surface area contributed by atoms with E-state index in [1.54, 1.807) is 16.9 Å². The summed E-state index contributed by atoms with van der Waals surface area (Å²) in [6, 6.07) is 3.57. The fourth-order valence-electron chi connectivity index (χ4n) is 3.38. The zero-order valence-corrected chi connectivity index (χ0v) is 15.6. The fourth-order valence-corrected chi connectivity index (χ4v) is 3.95. The molecule has 0 saturated heterocycles. The second-order valence-corrected chi connectivity index (χ2v) is 7.39. The average Bonchev–Trinajstić information content (AvgIpc) is 2.95. The first kappa shape index (κ1) is 17.0. The molecule has 2 N–H and O–H groups in total. The van der Waals surface area contributed by atoms with E-state index >= 15 is 0 Å². The van der Waals surface area contributed by atoms with Crippen LogP contribution in [0.15, 0.2) is 22.8 Å². The number of aromatic nitrogens is 2. The van der Waals surface area contributed by atoms with Crippen LogP contribution in [0.4, 0.5) is 5.69 Å². The number of hydrogen-bond donors (Lipinski definition) is 2. The van der Waals surface area contributed by atoms with E-state index in [-0.39, 0.29) is 11.7 Å². The zero-order valence-electron chi connectivity index (χ0n) is 14.0. The van der Waals surface area contributed by atoms with Crippen molar-refractivity contribution in [3.63, 3.8) is 0 Å². The quantitative estimate of drug-likeness (QED) is 0.756. The van der Waals surface area contributed by atoms with Gasteiger partial charge in [0, 0.05) is 19.2 Å². The van der Waals surface area contributed by atoms with Crippen molar-refractivity contribution in [1.29, 1.82) is 0 Å². The van der Waals surface area contributed by atoms with E-state index in [0.717, 1.165) is 24.1 Å². The van der Waals surface area contributed by atoms with Gasteiger partial charge in [-0.1, -0.05) is 19.3 Å². The Morgan fingerprint density at radius 1 is 1.33 bits per heavy atom. The van der Waals surface area contributed by atoms with E-state index < -0.39 is 0 Å². The lowest BCUT2D eigenvalue weighted by molar-refractivity contribution is 0.102. The number of phenolic OH excluding ortho intramolecular Hbond substituents is 1. The van der Waals surface area contributed by atoms with Crippen molar-refractivity contribution in [3.8, 4) is 5.75 Å². The maximum Gasteiger partial charge on any atom is 0.259 e. The first-order valence-electron chi connectivity index (χ1n) is 8.29. The number of nitrogens with zero attached hydrogens (tertiary/aromatic N) is 2. The Labute approximate surface area is 150 Å². The van der Waals surface area contributed by atoms with E-state index in [2.05, 4.69) is 26.3 Å². The monoisotopic (exact) mass is 391 g/mol. The molecule has 0 atom stereocenters. The Balaban J connectivity index is 1.88. The third kappa shape index (κ3) is 3.48. The lowest BCUT2D eigenvalue weighted by Crippen LogP contribution is -2.16. The molecule has 0 bridgehead atoms. The summed E-state index contributed by atoms with van der Waals surface area (Å²) in [6.07, 6.45) is 7.57. The molecule has 1 aliphatic carbocycles. The molecule has 0 spiro atoms. The summed E-state index contributed by atoms with van der Waals surface area (Å²) >= 11 is 3.31. The fraction of sp³-hybridized carbons (Fsp3) is 0.444. The van der Waals surface area contributed by atoms with Crippen LogP contribution in [0, 0.1) is 6.92 Å². The van der Waals surface area contributed by atoms with E-state index in [4.69, 9.17) is 0 Å². The van der Waals surface area contributed by atoms with Crippen molar-refractivity contribution >= 4 is 27.5 Å². The van der Waals surface area contributed by atoms with Gasteiger partial charge in [-0.15, -0.1) is 0 Å². The maximum absolute atomic E-state index is 12.8. The summed E-state index contributed by atoms with van der Waals surface area (Å²) in [4.78, 5) is 12.8. The summed E-state index contributed by atoms with van der Waals surface area (Å²) in [7, 11) is 1.84. The summed E-state index contributed by atoms with van der Waals surface area (Å²) in [6.45, 7) is 1.91. The Morgan fingerprint density at radius 3 is 2.75 bits per heavy atom. The predicted molar refractivity (Wildman–Crippen MR) is 97.5 cm³/mol. The van der Waals surface area contributed by atoms with Gasteiger partial charge in [-0.3, -0.25) is 9.48 Å². The maximum atomic E-state index is 12.8. The first-order valence-corrected chi connectivity index (χ1v) is 9.09. The lowest BCUT2D eigenvalue weighted by atomic mass is 9.85. The first-order chi connectivity index (χ1) is 11.5. The van der Waals surface area contributed by atoms with Gasteiger partial charge in [-0.25, -0.2) is 0 Å². The molecule has 0 aliphatic heterocycles. The molecule has 1 aromatic carbocycles. The number of halogens is 1. The number of amides is 1. The van der Waals surface area contributed by atoms with Crippen LogP contribution < -0.4 is 5.32 Å². The van der Waals surface area contributed by atoms with Crippen LogP contribution in [0.2, 0.25) is 0 Å². The molecule has 128 valence electrons. The number of hydrogen-bond acceptors (Lipinski definition) is 3. The van der Waals surface area contributed by atoms with Crippen LogP contribution in [-0.4, -0.2) is 20.8 Å². The summed E-state index contributed by atoms with van der Waals surface area (Å²) in [5, 5.41) is 17.5. The molecule has 0 unspecified atom stereocenters. The van der Waals surface area contributed by atoms with Crippen LogP contribution >= 0.6 is 15.9 Å². The minimum Gasteiger partial charge on any atom is -0.505 e. The number of aromatic hydroxyl groups is 1. The molecule has 24 heavy (non-hydrogen) atoms. The Bertz CT molecular complexity index is 764. The normalized spacial score (nSPS) is 15.5. The number of aryl methyl sites for hydroxylation is 2. The Kier molecular flexibility index (Phi) is 4.94. The molecule has 1 heterocycles. The third-order valence-electron chi connectivity index (χ3n) is 4.55. The number of phenols is 1. The molecule has 2 aromatic rings. The minimum absolute atomic E-state index is 0.0389. The average molecular weight is 392 g/mol. The van der Waals surface area contributed by atoms with Crippen molar-refractivity contribution in [2.75, 3.05) is 5.32 Å². The van der Waals surface area contributed by atoms with Gasteiger partial charge >= 0.3 is 0 Å². The molecule has 1 aliphatic rings. The van der Waals surface area contributed by atoms with E-state index in [9.17, 15) is 9.90 Å². The van der Waals surface area contributed by atoms with E-state index in [1.165, 1.54) is 19.3 Å². The highest BCUT2D eigenvalue weighted by Gasteiger charge is 2.25. The van der Waals surface area contributed by atoms with Gasteiger partial charge in [-0.2, -0.15) is 5.10 Å². The lowest BCUT2D eigenvalue weighted by Gasteiger charge is -2.20. The number of benzene rings is 1. The van der Waals surface area contributed by atoms with Gasteiger partial charge in [0.05, 0.1) is 21.4 Å². The van der Waals surface area contributed by atoms with Gasteiger partial charge in [0.1, 0.15) is 0 Å². The van der Waals surface area contributed by atoms with Gasteiger partial charge in [0.25, 0.3) is 5.91 Å². The molecular formula is C18H22BrN3O2. The number of rotatable bonds is 3. The zero-order chi connectivity index (χ0) is 17.3. The van der Waals surface area contributed by atoms with Gasteiger partial charge in [0.15, 0.2) is 5.75 Å². The van der Waals surface area contributed by atoms with Crippen molar-refractivity contribution in [2.45, 2.75) is 44.9 Å². The van der Waals surface area contributed by atoms with Crippen LogP contribution in [0.3, 0.4) is 0 Å². The molecule has 3 rings (SSSR count). The van der Waals surface area contributed by atoms with Gasteiger partial charge < -0.3 is 10.4 Å². The van der Waals surface area contributed by atoms with Crippen molar-refractivity contribution in [2.24, 2.45) is 7.05 Å². The number of carbonyl (C=O) groups excluding carboxylic acids is 1. The van der Waals surface area contributed by atoms with Crippen LogP contribution in [0.1, 0.15) is 59.6 Å². The highest BCUT2D eigenvalue weighted by molar-refractivity contribution is 9.10. The molecule has 1 fully saturated rings. The molecule has 5 nitrogen and oxygen atoms in total. The van der Waals surface area contributed by atoms with Crippen molar-refractivity contribution in [3.05, 3.63) is 39.6 Å². The van der Waals surface area contributed by atoms with E-state index in [0.29, 0.717) is 21.6 Å². The summed E-state index contributed by atoms with van der Waals surface area (Å²) in [5.74, 6) is 0.159. The van der Waals surface area contributed by atoms with Crippen molar-refractivity contribution < 1.29 is 9.90 Å². The largest absolute Gasteiger partial charge is 0.505 e. The predicted octanol–water partition coefficient (Wildman–Crippen LogP) is 4.50. The second-order valence-electron chi connectivity index (χ2n) is 6.53. The molecule has 0 radical (unpaired) electrons. The highest BCUT2D eigenvalue weighted by Crippen LogP contribution is 2.36. The highest BCUT2D eigenvalue weighted by atomic mass is 79.9. The number of anilines is 1. The van der Waals surface area contributed by atoms with Crippen LogP contribution in [0.5, 0.6) is 5.75 Å². The second kappa shape index (κ2) is 6.97. The molecule has 1 amide bonds. The SMILES string of the molecule is Cc1cc(Br)c(O)c(NC(=O)c2cn(C)nc2C2CCCCC2)c1. The van der Waals surface area contributed by atoms with E-state index in [1.807, 2.05) is 20.0 Å². The van der Waals surface area contributed by atoms with Crippen molar-refractivity contribution in [1.82, 2.24) is 9.78 Å². The standard InChI is InChI=1S/C18H22BrN3O2/c1-11-8-14(19)17(23)15(9-11)20-18(24)13-10-22(2)21-16(13)12-6-4-3-5-7-12/h8-10,12,23H,3-7H2,1-2H3,(H,20,24). The summed E-state index contributed by atoms with van der Waals surface area (Å²) in [5.41, 5.74) is 2.83. The number of carbonyl (C=O) groups is 1. The van der Waals surface area contributed by atoms with Crippen LogP contribution in [0.25, 0.3) is 0 Å². The van der Waals surface area contributed by atoms with Gasteiger partial charge in [0.2, 0.25) is 0 Å². The minimum atomic E-state index is -0.225. The smallest absolute Gasteiger partial charge is 0.259 e. The third-order valence-corrected chi connectivity index (χ3v) is 5.15.